The maximum atomic E-state index is 12.5. The van der Waals surface area contributed by atoms with Crippen molar-refractivity contribution in [2.24, 2.45) is 5.92 Å². The van der Waals surface area contributed by atoms with Gasteiger partial charge in [0.2, 0.25) is 5.91 Å². The second kappa shape index (κ2) is 8.95. The summed E-state index contributed by atoms with van der Waals surface area (Å²) in [7, 11) is 0. The predicted octanol–water partition coefficient (Wildman–Crippen LogP) is 2.50. The van der Waals surface area contributed by atoms with E-state index in [9.17, 15) is 19.5 Å². The number of thioether (sulfide) groups is 1. The first-order valence-corrected chi connectivity index (χ1v) is 9.38. The van der Waals surface area contributed by atoms with Crippen molar-refractivity contribution >= 4 is 52.2 Å². The van der Waals surface area contributed by atoms with Gasteiger partial charge >= 0.3 is 5.97 Å². The average Bonchev–Trinajstić information content (AvgIpc) is 2.87. The van der Waals surface area contributed by atoms with E-state index in [0.717, 1.165) is 17.3 Å². The zero-order valence-electron chi connectivity index (χ0n) is 14.5. The molecule has 0 bridgehead atoms. The van der Waals surface area contributed by atoms with Crippen LogP contribution in [0.5, 0.6) is 0 Å². The van der Waals surface area contributed by atoms with Gasteiger partial charge in [-0.05, 0) is 17.6 Å². The van der Waals surface area contributed by atoms with Crippen molar-refractivity contribution in [3.05, 3.63) is 40.8 Å². The highest BCUT2D eigenvalue weighted by Gasteiger charge is 2.34. The number of nitrogens with one attached hydrogen (secondary N) is 1. The van der Waals surface area contributed by atoms with E-state index in [1.54, 1.807) is 13.0 Å². The molecule has 1 saturated heterocycles. The quantitative estimate of drug-likeness (QED) is 0.548. The summed E-state index contributed by atoms with van der Waals surface area (Å²) < 4.78 is 0.280. The number of carboxylic acid groups (broad SMARTS) is 1. The fourth-order valence-electron chi connectivity index (χ4n) is 2.38. The number of benzene rings is 1. The smallest absolute Gasteiger partial charge is 0.326 e. The van der Waals surface area contributed by atoms with E-state index >= 15 is 0 Å². The van der Waals surface area contributed by atoms with E-state index in [1.165, 1.54) is 4.90 Å². The van der Waals surface area contributed by atoms with E-state index in [0.29, 0.717) is 11.3 Å². The summed E-state index contributed by atoms with van der Waals surface area (Å²) in [4.78, 5) is 37.7. The SMILES string of the molecule is CC[C@H](C)[C@@H](NC(=O)CN1C(=O)/C(=C/c2ccccc2)SC1=S)C(=O)O. The number of carbonyl (C=O) groups is 3. The van der Waals surface area contributed by atoms with Crippen molar-refractivity contribution in [3.8, 4) is 0 Å². The van der Waals surface area contributed by atoms with Gasteiger partial charge in [0.1, 0.15) is 16.9 Å². The van der Waals surface area contributed by atoms with E-state index in [2.05, 4.69) is 5.32 Å². The molecule has 1 fully saturated rings. The highest BCUT2D eigenvalue weighted by atomic mass is 32.2. The molecule has 0 radical (unpaired) electrons. The van der Waals surface area contributed by atoms with Crippen molar-refractivity contribution in [1.29, 1.82) is 0 Å². The topological polar surface area (TPSA) is 86.7 Å². The molecule has 1 aliphatic rings. The van der Waals surface area contributed by atoms with E-state index in [-0.39, 0.29) is 22.7 Å². The molecule has 1 aromatic rings. The first-order valence-electron chi connectivity index (χ1n) is 8.16. The normalized spacial score (nSPS) is 18.1. The van der Waals surface area contributed by atoms with Crippen LogP contribution in [0.15, 0.2) is 35.2 Å². The van der Waals surface area contributed by atoms with Crippen LogP contribution in [-0.4, -0.2) is 44.7 Å². The van der Waals surface area contributed by atoms with Crippen LogP contribution in [0.3, 0.4) is 0 Å². The maximum Gasteiger partial charge on any atom is 0.326 e. The minimum absolute atomic E-state index is 0.222. The number of thiocarbonyl (C=S) groups is 1. The Balaban J connectivity index is 2.06. The third kappa shape index (κ3) is 4.92. The highest BCUT2D eigenvalue weighted by molar-refractivity contribution is 8.26. The van der Waals surface area contributed by atoms with Gasteiger partial charge in [-0.15, -0.1) is 0 Å². The molecule has 2 N–H and O–H groups in total. The first-order chi connectivity index (χ1) is 12.3. The molecular weight excluding hydrogens is 372 g/mol. The summed E-state index contributed by atoms with van der Waals surface area (Å²) >= 11 is 6.33. The molecular formula is C18H20N2O4S2. The van der Waals surface area contributed by atoms with Gasteiger partial charge in [0, 0.05) is 0 Å². The Morgan fingerprint density at radius 2 is 2.00 bits per heavy atom. The molecule has 0 saturated carbocycles. The van der Waals surface area contributed by atoms with Crippen LogP contribution in [0.1, 0.15) is 25.8 Å². The predicted molar refractivity (Wildman–Crippen MR) is 105 cm³/mol. The molecule has 1 aromatic carbocycles. The van der Waals surface area contributed by atoms with Crippen LogP contribution in [0, 0.1) is 5.92 Å². The van der Waals surface area contributed by atoms with Crippen LogP contribution in [0.4, 0.5) is 0 Å². The summed E-state index contributed by atoms with van der Waals surface area (Å²) in [6.07, 6.45) is 2.33. The number of carbonyl (C=O) groups excluding carboxylic acids is 2. The zero-order valence-corrected chi connectivity index (χ0v) is 16.1. The van der Waals surface area contributed by atoms with Crippen LogP contribution in [0.2, 0.25) is 0 Å². The minimum atomic E-state index is -1.10. The molecule has 6 nitrogen and oxygen atoms in total. The number of hydrogen-bond donors (Lipinski definition) is 2. The second-order valence-electron chi connectivity index (χ2n) is 5.95. The van der Waals surface area contributed by atoms with E-state index in [1.807, 2.05) is 37.3 Å². The highest BCUT2D eigenvalue weighted by Crippen LogP contribution is 2.32. The van der Waals surface area contributed by atoms with Crippen molar-refractivity contribution < 1.29 is 19.5 Å². The Hall–Kier alpha value is -2.19. The minimum Gasteiger partial charge on any atom is -0.480 e. The molecule has 2 atom stereocenters. The van der Waals surface area contributed by atoms with Crippen LogP contribution in [-0.2, 0) is 14.4 Å². The molecule has 1 aliphatic heterocycles. The van der Waals surface area contributed by atoms with Gasteiger partial charge in [-0.3, -0.25) is 14.5 Å². The molecule has 1 heterocycles. The van der Waals surface area contributed by atoms with Gasteiger partial charge in [-0.1, -0.05) is 74.6 Å². The van der Waals surface area contributed by atoms with E-state index < -0.39 is 17.9 Å². The number of carboxylic acids is 1. The van der Waals surface area contributed by atoms with Crippen LogP contribution >= 0.6 is 24.0 Å². The van der Waals surface area contributed by atoms with Gasteiger partial charge in [-0.25, -0.2) is 4.79 Å². The largest absolute Gasteiger partial charge is 0.480 e. The lowest BCUT2D eigenvalue weighted by Crippen LogP contribution is -2.49. The molecule has 0 aromatic heterocycles. The Morgan fingerprint density at radius 3 is 2.58 bits per heavy atom. The molecule has 0 spiro atoms. The molecule has 138 valence electrons. The average molecular weight is 393 g/mol. The number of hydrogen-bond acceptors (Lipinski definition) is 5. The zero-order chi connectivity index (χ0) is 19.3. The third-order valence-electron chi connectivity index (χ3n) is 4.07. The lowest BCUT2D eigenvalue weighted by atomic mass is 9.99. The summed E-state index contributed by atoms with van der Waals surface area (Å²) in [5.74, 6) is -2.22. The summed E-state index contributed by atoms with van der Waals surface area (Å²) in [6, 6.07) is 8.34. The van der Waals surface area contributed by atoms with Crippen LogP contribution < -0.4 is 5.32 Å². The Bertz CT molecular complexity index is 749. The maximum absolute atomic E-state index is 12.5. The van der Waals surface area contributed by atoms with Crippen molar-refractivity contribution in [3.63, 3.8) is 0 Å². The summed E-state index contributed by atoms with van der Waals surface area (Å²) in [5, 5.41) is 11.7. The lowest BCUT2D eigenvalue weighted by molar-refractivity contribution is -0.143. The second-order valence-corrected chi connectivity index (χ2v) is 7.62. The van der Waals surface area contributed by atoms with Crippen LogP contribution in [0.25, 0.3) is 6.08 Å². The number of aliphatic carboxylic acids is 1. The van der Waals surface area contributed by atoms with Gasteiger partial charge in [0.15, 0.2) is 0 Å². The first kappa shape index (κ1) is 20.1. The fraction of sp³-hybridized carbons (Fsp3) is 0.333. The molecule has 8 heteroatoms. The van der Waals surface area contributed by atoms with E-state index in [4.69, 9.17) is 12.2 Å². The number of amides is 2. The Labute approximate surface area is 161 Å². The number of nitrogens with zero attached hydrogens (tertiary/aromatic N) is 1. The molecule has 2 amide bonds. The van der Waals surface area contributed by atoms with Crippen molar-refractivity contribution in [1.82, 2.24) is 10.2 Å². The summed E-state index contributed by atoms with van der Waals surface area (Å²) in [5.41, 5.74) is 0.861. The van der Waals surface area contributed by atoms with Gasteiger partial charge in [0.25, 0.3) is 5.91 Å². The van der Waals surface area contributed by atoms with Gasteiger partial charge in [-0.2, -0.15) is 0 Å². The monoisotopic (exact) mass is 392 g/mol. The van der Waals surface area contributed by atoms with Crippen molar-refractivity contribution in [2.45, 2.75) is 26.3 Å². The molecule has 26 heavy (non-hydrogen) atoms. The van der Waals surface area contributed by atoms with Crippen molar-refractivity contribution in [2.75, 3.05) is 6.54 Å². The van der Waals surface area contributed by atoms with Gasteiger partial charge in [0.05, 0.1) is 4.91 Å². The number of rotatable bonds is 7. The standard InChI is InChI=1S/C18H20N2O4S2/c1-3-11(2)15(17(23)24)19-14(21)10-20-16(22)13(26-18(20)25)9-12-7-5-4-6-8-12/h4-9,11,15H,3,10H2,1-2H3,(H,19,21)(H,23,24)/b13-9-/t11-,15+/m0/s1. The molecule has 0 unspecified atom stereocenters. The Morgan fingerprint density at radius 1 is 1.35 bits per heavy atom. The molecule has 0 aliphatic carbocycles. The molecule has 2 rings (SSSR count). The Kier molecular flexibility index (Phi) is 6.93. The van der Waals surface area contributed by atoms with Gasteiger partial charge < -0.3 is 10.4 Å². The lowest BCUT2D eigenvalue weighted by Gasteiger charge is -2.21. The summed E-state index contributed by atoms with van der Waals surface area (Å²) in [6.45, 7) is 3.31. The third-order valence-corrected chi connectivity index (χ3v) is 5.45. The fourth-order valence-corrected chi connectivity index (χ4v) is 3.64.